The van der Waals surface area contributed by atoms with E-state index in [0.29, 0.717) is 40.8 Å². The van der Waals surface area contributed by atoms with Crippen molar-refractivity contribution in [2.45, 2.75) is 90.3 Å². The number of benzene rings is 2. The number of amides is 2. The van der Waals surface area contributed by atoms with E-state index < -0.39 is 6.04 Å². The van der Waals surface area contributed by atoms with Gasteiger partial charge in [-0.25, -0.2) is 0 Å². The molecule has 0 aromatic heterocycles. The van der Waals surface area contributed by atoms with E-state index >= 15 is 0 Å². The summed E-state index contributed by atoms with van der Waals surface area (Å²) in [6.45, 7) is 6.48. The number of nitrogens with one attached hydrogen (secondary N) is 1. The van der Waals surface area contributed by atoms with Crippen LogP contribution in [0.15, 0.2) is 42.5 Å². The minimum absolute atomic E-state index is 0.0719. The molecule has 0 radical (unpaired) electrons. The Labute approximate surface area is 214 Å². The number of rotatable bonds is 10. The van der Waals surface area contributed by atoms with Gasteiger partial charge in [0.2, 0.25) is 11.8 Å². The molecule has 2 amide bonds. The van der Waals surface area contributed by atoms with E-state index in [1.807, 2.05) is 6.92 Å². The SMILES string of the molecule is CCC(C(=O)NC1CCCC1)N(Cc1c(Cl)cccc1Cl)C(=O)CCc1ccc(C(C)C)cc1. The number of hydrogen-bond acceptors (Lipinski definition) is 2. The van der Waals surface area contributed by atoms with Crippen LogP contribution in [0.4, 0.5) is 0 Å². The Morgan fingerprint density at radius 2 is 1.65 bits per heavy atom. The van der Waals surface area contributed by atoms with Gasteiger partial charge in [-0.3, -0.25) is 9.59 Å². The average molecular weight is 504 g/mol. The van der Waals surface area contributed by atoms with Crippen LogP contribution in [0.5, 0.6) is 0 Å². The fraction of sp³-hybridized carbons (Fsp3) is 0.500. The molecule has 1 aliphatic carbocycles. The highest BCUT2D eigenvalue weighted by atomic mass is 35.5. The van der Waals surface area contributed by atoms with Crippen molar-refractivity contribution < 1.29 is 9.59 Å². The van der Waals surface area contributed by atoms with E-state index in [9.17, 15) is 9.59 Å². The molecule has 1 N–H and O–H groups in total. The van der Waals surface area contributed by atoms with Crippen LogP contribution < -0.4 is 5.32 Å². The van der Waals surface area contributed by atoms with Crippen LogP contribution in [-0.4, -0.2) is 28.8 Å². The Balaban J connectivity index is 1.78. The zero-order valence-electron chi connectivity index (χ0n) is 20.4. The molecule has 0 spiro atoms. The predicted octanol–water partition coefficient (Wildman–Crippen LogP) is 6.92. The standard InChI is InChI=1S/C28H36Cl2N2O2/c1-4-26(28(34)31-22-8-5-6-9-22)32(18-23-24(29)10-7-11-25(23)30)27(33)17-14-20-12-15-21(16-13-20)19(2)3/h7,10-13,15-16,19,22,26H,4-6,8-9,14,17-18H2,1-3H3,(H,31,34). The van der Waals surface area contributed by atoms with Gasteiger partial charge in [-0.15, -0.1) is 0 Å². The maximum absolute atomic E-state index is 13.5. The fourth-order valence-corrected chi connectivity index (χ4v) is 5.12. The molecule has 1 fully saturated rings. The Morgan fingerprint density at radius 3 is 2.21 bits per heavy atom. The maximum Gasteiger partial charge on any atom is 0.243 e. The molecular formula is C28H36Cl2N2O2. The number of aryl methyl sites for hydroxylation is 1. The van der Waals surface area contributed by atoms with Gasteiger partial charge in [0.1, 0.15) is 6.04 Å². The molecule has 1 aliphatic rings. The second-order valence-corrected chi connectivity index (χ2v) is 10.3. The van der Waals surface area contributed by atoms with E-state index in [2.05, 4.69) is 43.4 Å². The number of halogens is 2. The normalized spacial score (nSPS) is 14.9. The van der Waals surface area contributed by atoms with Gasteiger partial charge in [0.15, 0.2) is 0 Å². The first-order valence-electron chi connectivity index (χ1n) is 12.4. The van der Waals surface area contributed by atoms with Crippen molar-refractivity contribution in [2.24, 2.45) is 0 Å². The third-order valence-corrected chi connectivity index (χ3v) is 7.46. The lowest BCUT2D eigenvalue weighted by Gasteiger charge is -2.32. The molecule has 184 valence electrons. The van der Waals surface area contributed by atoms with Crippen LogP contribution in [0, 0.1) is 0 Å². The van der Waals surface area contributed by atoms with E-state index in [4.69, 9.17) is 23.2 Å². The molecule has 1 saturated carbocycles. The van der Waals surface area contributed by atoms with E-state index in [1.54, 1.807) is 23.1 Å². The van der Waals surface area contributed by atoms with E-state index in [0.717, 1.165) is 31.2 Å². The van der Waals surface area contributed by atoms with Gasteiger partial charge in [-0.05, 0) is 54.9 Å². The molecule has 2 aromatic rings. The summed E-state index contributed by atoms with van der Waals surface area (Å²) in [5, 5.41) is 4.17. The van der Waals surface area contributed by atoms with Crippen molar-refractivity contribution in [1.82, 2.24) is 10.2 Å². The van der Waals surface area contributed by atoms with E-state index in [-0.39, 0.29) is 24.4 Å². The van der Waals surface area contributed by atoms with Gasteiger partial charge in [-0.1, -0.05) is 87.1 Å². The van der Waals surface area contributed by atoms with Crippen molar-refractivity contribution in [3.63, 3.8) is 0 Å². The van der Waals surface area contributed by atoms with Crippen LogP contribution in [-0.2, 0) is 22.6 Å². The lowest BCUT2D eigenvalue weighted by Crippen LogP contribution is -2.51. The van der Waals surface area contributed by atoms with Gasteiger partial charge in [0, 0.05) is 34.6 Å². The van der Waals surface area contributed by atoms with Crippen LogP contribution >= 0.6 is 23.2 Å². The van der Waals surface area contributed by atoms with Crippen LogP contribution in [0.2, 0.25) is 10.0 Å². The van der Waals surface area contributed by atoms with Gasteiger partial charge in [0.05, 0.1) is 0 Å². The molecule has 4 nitrogen and oxygen atoms in total. The summed E-state index contributed by atoms with van der Waals surface area (Å²) in [5.41, 5.74) is 3.06. The second kappa shape index (κ2) is 12.6. The smallest absolute Gasteiger partial charge is 0.243 e. The Morgan fingerprint density at radius 1 is 1.03 bits per heavy atom. The molecule has 6 heteroatoms. The van der Waals surface area contributed by atoms with Crippen molar-refractivity contribution in [1.29, 1.82) is 0 Å². The van der Waals surface area contributed by atoms with E-state index in [1.165, 1.54) is 5.56 Å². The number of carbonyl (C=O) groups is 2. The Hall–Kier alpha value is -2.04. The molecule has 0 heterocycles. The zero-order valence-corrected chi connectivity index (χ0v) is 22.0. The first-order valence-corrected chi connectivity index (χ1v) is 13.2. The van der Waals surface area contributed by atoms with Gasteiger partial charge in [0.25, 0.3) is 0 Å². The highest BCUT2D eigenvalue weighted by Gasteiger charge is 2.31. The fourth-order valence-electron chi connectivity index (χ4n) is 4.60. The van der Waals surface area contributed by atoms with Crippen LogP contribution in [0.1, 0.15) is 81.9 Å². The molecular weight excluding hydrogens is 467 g/mol. The third-order valence-electron chi connectivity index (χ3n) is 6.75. The second-order valence-electron chi connectivity index (χ2n) is 9.53. The first kappa shape index (κ1) is 26.6. The zero-order chi connectivity index (χ0) is 24.7. The monoisotopic (exact) mass is 502 g/mol. The maximum atomic E-state index is 13.5. The van der Waals surface area contributed by atoms with Crippen LogP contribution in [0.25, 0.3) is 0 Å². The highest BCUT2D eigenvalue weighted by molar-refractivity contribution is 6.36. The molecule has 1 unspecified atom stereocenters. The summed E-state index contributed by atoms with van der Waals surface area (Å²) < 4.78 is 0. The quantitative estimate of drug-likeness (QED) is 0.383. The summed E-state index contributed by atoms with van der Waals surface area (Å²) in [6.07, 6.45) is 5.72. The molecule has 0 aliphatic heterocycles. The summed E-state index contributed by atoms with van der Waals surface area (Å²) in [6, 6.07) is 13.4. The van der Waals surface area contributed by atoms with Crippen molar-refractivity contribution >= 4 is 35.0 Å². The first-order chi connectivity index (χ1) is 16.3. The molecule has 0 saturated heterocycles. The number of nitrogens with zero attached hydrogens (tertiary/aromatic N) is 1. The number of hydrogen-bond donors (Lipinski definition) is 1. The molecule has 2 aromatic carbocycles. The summed E-state index contributed by atoms with van der Waals surface area (Å²) in [5.74, 6) is 0.305. The van der Waals surface area contributed by atoms with Gasteiger partial charge < -0.3 is 10.2 Å². The predicted molar refractivity (Wildman–Crippen MR) is 140 cm³/mol. The average Bonchev–Trinajstić information content (AvgIpc) is 3.32. The molecule has 3 rings (SSSR count). The molecule has 1 atom stereocenters. The van der Waals surface area contributed by atoms with Gasteiger partial charge >= 0.3 is 0 Å². The number of carbonyl (C=O) groups excluding carboxylic acids is 2. The van der Waals surface area contributed by atoms with Crippen molar-refractivity contribution in [3.8, 4) is 0 Å². The minimum Gasteiger partial charge on any atom is -0.352 e. The lowest BCUT2D eigenvalue weighted by molar-refractivity contribution is -0.141. The topological polar surface area (TPSA) is 49.4 Å². The lowest BCUT2D eigenvalue weighted by atomic mass is 10.00. The minimum atomic E-state index is -0.566. The van der Waals surface area contributed by atoms with Crippen LogP contribution in [0.3, 0.4) is 0 Å². The van der Waals surface area contributed by atoms with Crippen molar-refractivity contribution in [3.05, 3.63) is 69.2 Å². The summed E-state index contributed by atoms with van der Waals surface area (Å²) in [4.78, 5) is 28.4. The summed E-state index contributed by atoms with van der Waals surface area (Å²) >= 11 is 12.9. The van der Waals surface area contributed by atoms with Crippen molar-refractivity contribution in [2.75, 3.05) is 0 Å². The third kappa shape index (κ3) is 6.99. The largest absolute Gasteiger partial charge is 0.352 e. The molecule has 34 heavy (non-hydrogen) atoms. The Kier molecular flexibility index (Phi) is 9.85. The Bertz CT molecular complexity index is 949. The van der Waals surface area contributed by atoms with Gasteiger partial charge in [-0.2, -0.15) is 0 Å². The molecule has 0 bridgehead atoms. The summed E-state index contributed by atoms with van der Waals surface area (Å²) in [7, 11) is 0. The highest BCUT2D eigenvalue weighted by Crippen LogP contribution is 2.28.